The number of thiocarbonyl (C=S) groups is 1. The first kappa shape index (κ1) is 23.2. The molecule has 32 heavy (non-hydrogen) atoms. The minimum atomic E-state index is -3.79. The van der Waals surface area contributed by atoms with E-state index in [1.54, 1.807) is 24.3 Å². The van der Waals surface area contributed by atoms with Gasteiger partial charge in [-0.2, -0.15) is 0 Å². The molecule has 0 aliphatic rings. The van der Waals surface area contributed by atoms with Crippen LogP contribution < -0.4 is 25.2 Å². The van der Waals surface area contributed by atoms with Gasteiger partial charge in [-0.15, -0.1) is 0 Å². The number of nitrogens with two attached hydrogens (primary N) is 1. The number of carbonyl (C=O) groups is 1. The SMILES string of the molecule is NS(=O)(=O)c1ccc(NC(=S)NC(=O)c2ccccc2OCCOc2ccccc2)cc1. The van der Waals surface area contributed by atoms with Crippen molar-refractivity contribution in [2.75, 3.05) is 18.5 Å². The van der Waals surface area contributed by atoms with Crippen LogP contribution in [0.25, 0.3) is 0 Å². The van der Waals surface area contributed by atoms with E-state index in [4.69, 9.17) is 26.8 Å². The number of rotatable bonds is 8. The molecule has 0 fully saturated rings. The Balaban J connectivity index is 1.54. The Hall–Kier alpha value is -3.47. The summed E-state index contributed by atoms with van der Waals surface area (Å²) < 4.78 is 33.9. The van der Waals surface area contributed by atoms with Crippen molar-refractivity contribution in [3.8, 4) is 11.5 Å². The van der Waals surface area contributed by atoms with Gasteiger partial charge in [-0.05, 0) is 60.7 Å². The Morgan fingerprint density at radius 2 is 1.50 bits per heavy atom. The van der Waals surface area contributed by atoms with Crippen molar-refractivity contribution in [1.82, 2.24) is 5.32 Å². The Kier molecular flexibility index (Phi) is 7.77. The third-order valence-electron chi connectivity index (χ3n) is 4.15. The van der Waals surface area contributed by atoms with E-state index in [1.165, 1.54) is 24.3 Å². The van der Waals surface area contributed by atoms with Gasteiger partial charge in [-0.3, -0.25) is 10.1 Å². The molecule has 166 valence electrons. The van der Waals surface area contributed by atoms with Crippen LogP contribution in [0, 0.1) is 0 Å². The molecule has 0 atom stereocenters. The largest absolute Gasteiger partial charge is 0.490 e. The molecular formula is C22H21N3O5S2. The van der Waals surface area contributed by atoms with E-state index in [2.05, 4.69) is 10.6 Å². The Labute approximate surface area is 191 Å². The van der Waals surface area contributed by atoms with E-state index in [0.29, 0.717) is 23.6 Å². The second-order valence-electron chi connectivity index (χ2n) is 6.48. The molecule has 3 aromatic carbocycles. The van der Waals surface area contributed by atoms with Crippen LogP contribution in [0.15, 0.2) is 83.8 Å². The van der Waals surface area contributed by atoms with Gasteiger partial charge in [0.05, 0.1) is 10.5 Å². The number of para-hydroxylation sites is 2. The highest BCUT2D eigenvalue weighted by Gasteiger charge is 2.14. The topological polar surface area (TPSA) is 120 Å². The number of benzene rings is 3. The van der Waals surface area contributed by atoms with Gasteiger partial charge in [-0.25, -0.2) is 13.6 Å². The molecular weight excluding hydrogens is 450 g/mol. The summed E-state index contributed by atoms with van der Waals surface area (Å²) in [6, 6.07) is 21.8. The van der Waals surface area contributed by atoms with Gasteiger partial charge >= 0.3 is 0 Å². The summed E-state index contributed by atoms with van der Waals surface area (Å²) in [5, 5.41) is 10.5. The predicted octanol–water partition coefficient (Wildman–Crippen LogP) is 2.92. The van der Waals surface area contributed by atoms with E-state index >= 15 is 0 Å². The fourth-order valence-corrected chi connectivity index (χ4v) is 3.39. The van der Waals surface area contributed by atoms with Crippen molar-refractivity contribution in [2.24, 2.45) is 5.14 Å². The lowest BCUT2D eigenvalue weighted by atomic mass is 10.2. The fraction of sp³-hybridized carbons (Fsp3) is 0.0909. The number of sulfonamides is 1. The number of ether oxygens (including phenoxy) is 2. The summed E-state index contributed by atoms with van der Waals surface area (Å²) in [6.45, 7) is 0.562. The standard InChI is InChI=1S/C22H21N3O5S2/c23-32(27,28)18-12-10-16(11-13-18)24-22(31)25-21(26)19-8-4-5-9-20(19)30-15-14-29-17-6-2-1-3-7-17/h1-13H,14-15H2,(H2,23,27,28)(H2,24,25,26,31). The highest BCUT2D eigenvalue weighted by Crippen LogP contribution is 2.18. The maximum Gasteiger partial charge on any atom is 0.261 e. The quantitative estimate of drug-likeness (QED) is 0.341. The van der Waals surface area contributed by atoms with Crippen molar-refractivity contribution in [3.05, 3.63) is 84.4 Å². The molecule has 0 aliphatic carbocycles. The number of anilines is 1. The first-order valence-electron chi connectivity index (χ1n) is 9.48. The Bertz CT molecular complexity index is 1180. The van der Waals surface area contributed by atoms with E-state index in [9.17, 15) is 13.2 Å². The average molecular weight is 472 g/mol. The molecule has 0 aliphatic heterocycles. The zero-order valence-electron chi connectivity index (χ0n) is 16.9. The summed E-state index contributed by atoms with van der Waals surface area (Å²) in [6.07, 6.45) is 0. The highest BCUT2D eigenvalue weighted by molar-refractivity contribution is 7.89. The van der Waals surface area contributed by atoms with Crippen molar-refractivity contribution < 1.29 is 22.7 Å². The molecule has 0 aromatic heterocycles. The normalized spacial score (nSPS) is 10.8. The minimum absolute atomic E-state index is 0.0275. The van der Waals surface area contributed by atoms with Crippen LogP contribution in [0.5, 0.6) is 11.5 Å². The molecule has 3 rings (SSSR count). The lowest BCUT2D eigenvalue weighted by Gasteiger charge is -2.13. The number of primary sulfonamides is 1. The molecule has 0 radical (unpaired) electrons. The summed E-state index contributed by atoms with van der Waals surface area (Å²) in [7, 11) is -3.79. The van der Waals surface area contributed by atoms with Gasteiger partial charge in [0, 0.05) is 5.69 Å². The van der Waals surface area contributed by atoms with Crippen LogP contribution in [-0.4, -0.2) is 32.7 Å². The smallest absolute Gasteiger partial charge is 0.261 e. The second-order valence-corrected chi connectivity index (χ2v) is 8.45. The van der Waals surface area contributed by atoms with E-state index in [0.717, 1.165) is 5.75 Å². The molecule has 1 amide bonds. The van der Waals surface area contributed by atoms with Gasteiger partial charge in [0.1, 0.15) is 24.7 Å². The van der Waals surface area contributed by atoms with Crippen molar-refractivity contribution in [2.45, 2.75) is 4.90 Å². The summed E-state index contributed by atoms with van der Waals surface area (Å²) in [4.78, 5) is 12.6. The molecule has 10 heteroatoms. The molecule has 0 spiro atoms. The van der Waals surface area contributed by atoms with Crippen molar-refractivity contribution in [3.63, 3.8) is 0 Å². The van der Waals surface area contributed by atoms with E-state index < -0.39 is 15.9 Å². The van der Waals surface area contributed by atoms with E-state index in [-0.39, 0.29) is 16.6 Å². The maximum absolute atomic E-state index is 12.7. The lowest BCUT2D eigenvalue weighted by Crippen LogP contribution is -2.34. The maximum atomic E-state index is 12.7. The minimum Gasteiger partial charge on any atom is -0.490 e. The zero-order chi connectivity index (χ0) is 23.0. The van der Waals surface area contributed by atoms with Crippen LogP contribution in [0.3, 0.4) is 0 Å². The summed E-state index contributed by atoms with van der Waals surface area (Å²) in [5.41, 5.74) is 0.797. The molecule has 0 bridgehead atoms. The number of carbonyl (C=O) groups excluding carboxylic acids is 1. The lowest BCUT2D eigenvalue weighted by molar-refractivity contribution is 0.0972. The first-order chi connectivity index (χ1) is 15.3. The Morgan fingerprint density at radius 1 is 0.875 bits per heavy atom. The van der Waals surface area contributed by atoms with Gasteiger partial charge < -0.3 is 14.8 Å². The van der Waals surface area contributed by atoms with Gasteiger partial charge in [0.2, 0.25) is 10.0 Å². The molecule has 0 heterocycles. The van der Waals surface area contributed by atoms with Crippen LogP contribution in [0.4, 0.5) is 5.69 Å². The number of amides is 1. The third kappa shape index (κ3) is 6.77. The average Bonchev–Trinajstić information content (AvgIpc) is 2.77. The summed E-state index contributed by atoms with van der Waals surface area (Å²) in [5.74, 6) is 0.667. The molecule has 8 nitrogen and oxygen atoms in total. The molecule has 0 saturated carbocycles. The first-order valence-corrected chi connectivity index (χ1v) is 11.4. The number of hydrogen-bond acceptors (Lipinski definition) is 6. The fourth-order valence-electron chi connectivity index (χ4n) is 2.67. The number of nitrogens with one attached hydrogen (secondary N) is 2. The Morgan fingerprint density at radius 3 is 2.19 bits per heavy atom. The monoisotopic (exact) mass is 471 g/mol. The molecule has 4 N–H and O–H groups in total. The summed E-state index contributed by atoms with van der Waals surface area (Å²) >= 11 is 5.18. The van der Waals surface area contributed by atoms with Crippen LogP contribution in [0.2, 0.25) is 0 Å². The van der Waals surface area contributed by atoms with Gasteiger partial charge in [0.15, 0.2) is 5.11 Å². The van der Waals surface area contributed by atoms with Gasteiger partial charge in [0.25, 0.3) is 5.91 Å². The van der Waals surface area contributed by atoms with Crippen LogP contribution >= 0.6 is 12.2 Å². The molecule has 0 unspecified atom stereocenters. The van der Waals surface area contributed by atoms with E-state index in [1.807, 2.05) is 30.3 Å². The van der Waals surface area contributed by atoms with Gasteiger partial charge in [-0.1, -0.05) is 30.3 Å². The van der Waals surface area contributed by atoms with Crippen molar-refractivity contribution in [1.29, 1.82) is 0 Å². The highest BCUT2D eigenvalue weighted by atomic mass is 32.2. The predicted molar refractivity (Wildman–Crippen MR) is 125 cm³/mol. The second kappa shape index (κ2) is 10.7. The van der Waals surface area contributed by atoms with Crippen LogP contribution in [0.1, 0.15) is 10.4 Å². The molecule has 0 saturated heterocycles. The molecule has 3 aromatic rings. The third-order valence-corrected chi connectivity index (χ3v) is 5.29. The zero-order valence-corrected chi connectivity index (χ0v) is 18.5. The van der Waals surface area contributed by atoms with Crippen LogP contribution in [-0.2, 0) is 10.0 Å². The van der Waals surface area contributed by atoms with Crippen molar-refractivity contribution >= 4 is 38.9 Å². The number of hydrogen-bond donors (Lipinski definition) is 3.